The second-order valence-electron chi connectivity index (χ2n) is 4.03. The third-order valence-electron chi connectivity index (χ3n) is 2.68. The van der Waals surface area contributed by atoms with Crippen LogP contribution in [0.3, 0.4) is 0 Å². The molecule has 0 fully saturated rings. The SMILES string of the molecule is Cc1ccc(C)c(-c2cc(C=O)c(F)cn2)c1. The quantitative estimate of drug-likeness (QED) is 0.739. The summed E-state index contributed by atoms with van der Waals surface area (Å²) in [5.41, 5.74) is 3.73. The van der Waals surface area contributed by atoms with Crippen molar-refractivity contribution in [1.82, 2.24) is 4.98 Å². The largest absolute Gasteiger partial charge is 0.298 e. The summed E-state index contributed by atoms with van der Waals surface area (Å²) in [6.45, 7) is 3.94. The number of carbonyl (C=O) groups excluding carboxylic acids is 1. The van der Waals surface area contributed by atoms with Crippen molar-refractivity contribution in [2.24, 2.45) is 0 Å². The van der Waals surface area contributed by atoms with Crippen LogP contribution in [0.1, 0.15) is 21.5 Å². The van der Waals surface area contributed by atoms with Crippen LogP contribution in [0.5, 0.6) is 0 Å². The molecule has 17 heavy (non-hydrogen) atoms. The van der Waals surface area contributed by atoms with Crippen molar-refractivity contribution in [2.75, 3.05) is 0 Å². The molecule has 0 aliphatic carbocycles. The molecule has 0 bridgehead atoms. The Balaban J connectivity index is 2.60. The number of rotatable bonds is 2. The van der Waals surface area contributed by atoms with Gasteiger partial charge in [0.25, 0.3) is 0 Å². The van der Waals surface area contributed by atoms with Gasteiger partial charge in [-0.05, 0) is 31.5 Å². The number of hydrogen-bond donors (Lipinski definition) is 0. The Hall–Kier alpha value is -2.03. The van der Waals surface area contributed by atoms with Crippen molar-refractivity contribution in [1.29, 1.82) is 0 Å². The van der Waals surface area contributed by atoms with E-state index in [9.17, 15) is 9.18 Å². The van der Waals surface area contributed by atoms with Gasteiger partial charge in [0.15, 0.2) is 12.1 Å². The maximum atomic E-state index is 13.2. The van der Waals surface area contributed by atoms with Crippen LogP contribution in [0, 0.1) is 19.7 Å². The van der Waals surface area contributed by atoms with Crippen LogP contribution in [0.15, 0.2) is 30.5 Å². The maximum Gasteiger partial charge on any atom is 0.153 e. The number of aromatic nitrogens is 1. The normalized spacial score (nSPS) is 10.3. The predicted molar refractivity (Wildman–Crippen MR) is 64.5 cm³/mol. The number of carbonyl (C=O) groups is 1. The smallest absolute Gasteiger partial charge is 0.153 e. The molecule has 3 heteroatoms. The van der Waals surface area contributed by atoms with E-state index in [2.05, 4.69) is 4.98 Å². The summed E-state index contributed by atoms with van der Waals surface area (Å²) in [6.07, 6.45) is 1.59. The van der Waals surface area contributed by atoms with E-state index in [1.165, 1.54) is 6.07 Å². The topological polar surface area (TPSA) is 30.0 Å². The first-order valence-electron chi connectivity index (χ1n) is 5.30. The molecule has 0 saturated heterocycles. The van der Waals surface area contributed by atoms with E-state index in [1.54, 1.807) is 0 Å². The Kier molecular flexibility index (Phi) is 3.00. The zero-order chi connectivity index (χ0) is 12.4. The van der Waals surface area contributed by atoms with Crippen LogP contribution >= 0.6 is 0 Å². The van der Waals surface area contributed by atoms with Gasteiger partial charge in [-0.1, -0.05) is 17.7 Å². The first-order chi connectivity index (χ1) is 8.11. The predicted octanol–water partition coefficient (Wildman–Crippen LogP) is 3.32. The molecule has 0 N–H and O–H groups in total. The summed E-state index contributed by atoms with van der Waals surface area (Å²) in [6, 6.07) is 7.44. The van der Waals surface area contributed by atoms with Crippen molar-refractivity contribution in [3.8, 4) is 11.3 Å². The molecule has 0 saturated carbocycles. The number of aldehydes is 1. The van der Waals surface area contributed by atoms with Gasteiger partial charge in [0, 0.05) is 5.56 Å². The standard InChI is InChI=1S/C14H12FNO/c1-9-3-4-10(2)12(5-9)14-6-11(8-17)13(15)7-16-14/h3-8H,1-2H3. The molecule has 1 heterocycles. The third-order valence-corrected chi connectivity index (χ3v) is 2.68. The average Bonchev–Trinajstić information content (AvgIpc) is 2.33. The molecule has 0 radical (unpaired) electrons. The van der Waals surface area contributed by atoms with Crippen LogP contribution in [-0.4, -0.2) is 11.3 Å². The van der Waals surface area contributed by atoms with Crippen molar-refractivity contribution in [3.63, 3.8) is 0 Å². The first kappa shape index (κ1) is 11.5. The second-order valence-corrected chi connectivity index (χ2v) is 4.03. The molecular weight excluding hydrogens is 217 g/mol. The monoisotopic (exact) mass is 229 g/mol. The van der Waals surface area contributed by atoms with E-state index in [0.717, 1.165) is 22.9 Å². The summed E-state index contributed by atoms with van der Waals surface area (Å²) >= 11 is 0. The van der Waals surface area contributed by atoms with Gasteiger partial charge in [0.2, 0.25) is 0 Å². The molecule has 2 nitrogen and oxygen atoms in total. The summed E-state index contributed by atoms with van der Waals surface area (Å²) < 4.78 is 13.2. The highest BCUT2D eigenvalue weighted by molar-refractivity contribution is 5.78. The minimum Gasteiger partial charge on any atom is -0.298 e. The highest BCUT2D eigenvalue weighted by Crippen LogP contribution is 2.23. The van der Waals surface area contributed by atoms with E-state index < -0.39 is 5.82 Å². The lowest BCUT2D eigenvalue weighted by Crippen LogP contribution is -1.94. The van der Waals surface area contributed by atoms with Gasteiger partial charge in [0.05, 0.1) is 17.5 Å². The van der Waals surface area contributed by atoms with Crippen molar-refractivity contribution in [2.45, 2.75) is 13.8 Å². The van der Waals surface area contributed by atoms with E-state index >= 15 is 0 Å². The van der Waals surface area contributed by atoms with Gasteiger partial charge in [-0.15, -0.1) is 0 Å². The van der Waals surface area contributed by atoms with Gasteiger partial charge in [-0.3, -0.25) is 9.78 Å². The van der Waals surface area contributed by atoms with Gasteiger partial charge in [-0.2, -0.15) is 0 Å². The zero-order valence-electron chi connectivity index (χ0n) is 9.70. The lowest BCUT2D eigenvalue weighted by molar-refractivity contribution is 0.111. The Morgan fingerprint density at radius 2 is 2.00 bits per heavy atom. The van der Waals surface area contributed by atoms with Crippen LogP contribution in [0.4, 0.5) is 4.39 Å². The number of benzene rings is 1. The third kappa shape index (κ3) is 2.23. The summed E-state index contributed by atoms with van der Waals surface area (Å²) in [5.74, 6) is -0.589. The van der Waals surface area contributed by atoms with Gasteiger partial charge in [-0.25, -0.2) is 4.39 Å². The Morgan fingerprint density at radius 3 is 2.71 bits per heavy atom. The molecule has 0 unspecified atom stereocenters. The minimum atomic E-state index is -0.589. The fraction of sp³-hybridized carbons (Fsp3) is 0.143. The number of aryl methyl sites for hydroxylation is 2. The minimum absolute atomic E-state index is 0.0379. The molecule has 0 aliphatic heterocycles. The first-order valence-corrected chi connectivity index (χ1v) is 5.30. The van der Waals surface area contributed by atoms with Gasteiger partial charge < -0.3 is 0 Å². The molecule has 0 amide bonds. The summed E-state index contributed by atoms with van der Waals surface area (Å²) in [7, 11) is 0. The molecule has 0 spiro atoms. The molecule has 1 aromatic heterocycles. The highest BCUT2D eigenvalue weighted by atomic mass is 19.1. The average molecular weight is 229 g/mol. The van der Waals surface area contributed by atoms with E-state index in [-0.39, 0.29) is 5.56 Å². The van der Waals surface area contributed by atoms with Crippen LogP contribution in [0.2, 0.25) is 0 Å². The van der Waals surface area contributed by atoms with Crippen LogP contribution in [0.25, 0.3) is 11.3 Å². The number of pyridine rings is 1. The lowest BCUT2D eigenvalue weighted by Gasteiger charge is -2.07. The van der Waals surface area contributed by atoms with E-state index in [0.29, 0.717) is 12.0 Å². The van der Waals surface area contributed by atoms with Crippen molar-refractivity contribution < 1.29 is 9.18 Å². The molecule has 1 aromatic carbocycles. The fourth-order valence-corrected chi connectivity index (χ4v) is 1.70. The molecule has 0 aliphatic rings. The Labute approximate surface area is 99.1 Å². The Bertz CT molecular complexity index is 578. The lowest BCUT2D eigenvalue weighted by atomic mass is 10.0. The van der Waals surface area contributed by atoms with Crippen molar-refractivity contribution >= 4 is 6.29 Å². The summed E-state index contributed by atoms with van der Waals surface area (Å²) in [4.78, 5) is 14.7. The molecule has 0 atom stereocenters. The van der Waals surface area contributed by atoms with Crippen LogP contribution < -0.4 is 0 Å². The molecule has 86 valence electrons. The second kappa shape index (κ2) is 4.45. The number of hydrogen-bond acceptors (Lipinski definition) is 2. The molecule has 2 rings (SSSR count). The maximum absolute atomic E-state index is 13.2. The highest BCUT2D eigenvalue weighted by Gasteiger charge is 2.08. The van der Waals surface area contributed by atoms with E-state index in [1.807, 2.05) is 32.0 Å². The van der Waals surface area contributed by atoms with Gasteiger partial charge >= 0.3 is 0 Å². The number of nitrogens with zero attached hydrogens (tertiary/aromatic N) is 1. The zero-order valence-corrected chi connectivity index (χ0v) is 9.70. The van der Waals surface area contributed by atoms with Gasteiger partial charge in [0.1, 0.15) is 0 Å². The molecule has 2 aromatic rings. The Morgan fingerprint density at radius 1 is 1.24 bits per heavy atom. The fourth-order valence-electron chi connectivity index (χ4n) is 1.70. The number of halogens is 1. The van der Waals surface area contributed by atoms with E-state index in [4.69, 9.17) is 0 Å². The molecular formula is C14H12FNO. The van der Waals surface area contributed by atoms with Crippen molar-refractivity contribution in [3.05, 3.63) is 53.0 Å². The summed E-state index contributed by atoms with van der Waals surface area (Å²) in [5, 5.41) is 0. The van der Waals surface area contributed by atoms with Crippen LogP contribution in [-0.2, 0) is 0 Å².